The Labute approximate surface area is 85.9 Å². The molecule has 0 saturated heterocycles. The van der Waals surface area contributed by atoms with Crippen LogP contribution in [0.1, 0.15) is 15.9 Å². The van der Waals surface area contributed by atoms with E-state index in [4.69, 9.17) is 22.0 Å². The summed E-state index contributed by atoms with van der Waals surface area (Å²) < 4.78 is 0. The van der Waals surface area contributed by atoms with Gasteiger partial charge in [0.1, 0.15) is 0 Å². The Morgan fingerprint density at radius 1 is 1.50 bits per heavy atom. The maximum absolute atomic E-state index is 10.6. The summed E-state index contributed by atoms with van der Waals surface area (Å²) in [4.78, 5) is 10.6. The Bertz CT molecular complexity index is 432. The number of nitrogens with zero attached hydrogens (tertiary/aromatic N) is 1. The molecule has 0 aliphatic heterocycles. The molecule has 3 nitrogen and oxygen atoms in total. The van der Waals surface area contributed by atoms with Crippen LogP contribution in [0.4, 0.5) is 0 Å². The summed E-state index contributed by atoms with van der Waals surface area (Å²) in [7, 11) is 0. The number of carboxylic acids is 1. The fraction of sp³-hybridized carbons (Fsp3) is 0. The average Bonchev–Trinajstić information content (AvgIpc) is 2.14. The van der Waals surface area contributed by atoms with E-state index in [1.54, 1.807) is 6.07 Å². The van der Waals surface area contributed by atoms with Crippen molar-refractivity contribution in [2.24, 2.45) is 0 Å². The summed E-state index contributed by atoms with van der Waals surface area (Å²) in [5.74, 6) is -1.04. The fourth-order valence-electron chi connectivity index (χ4n) is 0.966. The number of carboxylic acid groups (broad SMARTS) is 1. The zero-order valence-electron chi connectivity index (χ0n) is 7.07. The predicted octanol–water partition coefficient (Wildman–Crippen LogP) is 2.57. The van der Waals surface area contributed by atoms with E-state index >= 15 is 0 Å². The molecule has 4 heteroatoms. The first kappa shape index (κ1) is 10.3. The highest BCUT2D eigenvalue weighted by molar-refractivity contribution is 6.31. The molecule has 1 aromatic rings. The SMILES string of the molecule is N#CC=Cc1cc(Cl)cc(C(=O)O)c1. The number of halogens is 1. The van der Waals surface area contributed by atoms with Crippen LogP contribution in [-0.4, -0.2) is 11.1 Å². The number of benzene rings is 1. The van der Waals surface area contributed by atoms with Gasteiger partial charge in [-0.15, -0.1) is 0 Å². The molecule has 14 heavy (non-hydrogen) atoms. The number of nitriles is 1. The highest BCUT2D eigenvalue weighted by Gasteiger charge is 2.04. The van der Waals surface area contributed by atoms with Crippen molar-refractivity contribution in [1.82, 2.24) is 0 Å². The van der Waals surface area contributed by atoms with Crippen LogP contribution in [-0.2, 0) is 0 Å². The number of rotatable bonds is 2. The van der Waals surface area contributed by atoms with Gasteiger partial charge in [-0.05, 0) is 29.8 Å². The highest BCUT2D eigenvalue weighted by Crippen LogP contribution is 2.16. The van der Waals surface area contributed by atoms with E-state index in [9.17, 15) is 4.79 Å². The lowest BCUT2D eigenvalue weighted by atomic mass is 10.1. The van der Waals surface area contributed by atoms with Crippen LogP contribution in [0.2, 0.25) is 5.02 Å². The summed E-state index contributed by atoms with van der Waals surface area (Å²) >= 11 is 5.69. The third-order valence-electron chi connectivity index (χ3n) is 1.52. The van der Waals surface area contributed by atoms with Crippen molar-refractivity contribution in [3.8, 4) is 6.07 Å². The number of allylic oxidation sites excluding steroid dienone is 1. The molecule has 1 aromatic carbocycles. The van der Waals surface area contributed by atoms with Gasteiger partial charge in [0.05, 0.1) is 11.6 Å². The van der Waals surface area contributed by atoms with Crippen molar-refractivity contribution < 1.29 is 9.90 Å². The van der Waals surface area contributed by atoms with Gasteiger partial charge in [0.25, 0.3) is 0 Å². The van der Waals surface area contributed by atoms with Crippen molar-refractivity contribution in [3.63, 3.8) is 0 Å². The monoisotopic (exact) mass is 207 g/mol. The molecule has 70 valence electrons. The normalized spacial score (nSPS) is 10.0. The van der Waals surface area contributed by atoms with Gasteiger partial charge in [-0.2, -0.15) is 5.26 Å². The third kappa shape index (κ3) is 2.61. The quantitative estimate of drug-likeness (QED) is 0.759. The van der Waals surface area contributed by atoms with E-state index in [2.05, 4.69) is 0 Å². The molecular weight excluding hydrogens is 202 g/mol. The molecule has 0 aliphatic carbocycles. The Morgan fingerprint density at radius 2 is 2.21 bits per heavy atom. The lowest BCUT2D eigenvalue weighted by molar-refractivity contribution is 0.0697. The van der Waals surface area contributed by atoms with Crippen LogP contribution in [0.25, 0.3) is 6.08 Å². The van der Waals surface area contributed by atoms with Crippen LogP contribution in [0, 0.1) is 11.3 Å². The van der Waals surface area contributed by atoms with Crippen LogP contribution >= 0.6 is 11.6 Å². The fourth-order valence-corrected chi connectivity index (χ4v) is 1.21. The van der Waals surface area contributed by atoms with Gasteiger partial charge in [-0.25, -0.2) is 4.79 Å². The predicted molar refractivity (Wildman–Crippen MR) is 53.1 cm³/mol. The third-order valence-corrected chi connectivity index (χ3v) is 1.74. The smallest absolute Gasteiger partial charge is 0.335 e. The molecule has 0 bridgehead atoms. The van der Waals surface area contributed by atoms with Crippen molar-refractivity contribution >= 4 is 23.6 Å². The second kappa shape index (κ2) is 4.45. The Kier molecular flexibility index (Phi) is 3.27. The standard InChI is InChI=1S/C10H6ClNO2/c11-9-5-7(2-1-3-12)4-8(6-9)10(13)14/h1-2,4-6H,(H,13,14). The first-order valence-corrected chi connectivity index (χ1v) is 4.11. The maximum Gasteiger partial charge on any atom is 0.335 e. The molecule has 1 rings (SSSR count). The lowest BCUT2D eigenvalue weighted by Gasteiger charge is -1.98. The first-order chi connectivity index (χ1) is 6.63. The van der Waals surface area contributed by atoms with E-state index in [0.717, 1.165) is 0 Å². The van der Waals surface area contributed by atoms with Gasteiger partial charge in [0, 0.05) is 11.1 Å². The van der Waals surface area contributed by atoms with Crippen molar-refractivity contribution in [2.45, 2.75) is 0 Å². The number of carbonyl (C=O) groups is 1. The molecular formula is C10H6ClNO2. The highest BCUT2D eigenvalue weighted by atomic mass is 35.5. The van der Waals surface area contributed by atoms with Crippen molar-refractivity contribution in [2.75, 3.05) is 0 Å². The molecule has 0 aromatic heterocycles. The van der Waals surface area contributed by atoms with Crippen LogP contribution in [0.15, 0.2) is 24.3 Å². The molecule has 0 atom stereocenters. The molecule has 0 radical (unpaired) electrons. The second-order valence-corrected chi connectivity index (χ2v) is 2.98. The van der Waals surface area contributed by atoms with Crippen molar-refractivity contribution in [1.29, 1.82) is 5.26 Å². The topological polar surface area (TPSA) is 61.1 Å². The van der Waals surface area contributed by atoms with E-state index < -0.39 is 5.97 Å². The van der Waals surface area contributed by atoms with Gasteiger partial charge in [0.2, 0.25) is 0 Å². The van der Waals surface area contributed by atoms with Gasteiger partial charge < -0.3 is 5.11 Å². The summed E-state index contributed by atoms with van der Waals surface area (Å²) in [5.41, 5.74) is 0.700. The Balaban J connectivity index is 3.15. The van der Waals surface area contributed by atoms with Crippen LogP contribution in [0.5, 0.6) is 0 Å². The van der Waals surface area contributed by atoms with Crippen LogP contribution in [0.3, 0.4) is 0 Å². The lowest BCUT2D eigenvalue weighted by Crippen LogP contribution is -1.96. The summed E-state index contributed by atoms with van der Waals surface area (Å²) in [6, 6.07) is 6.20. The minimum Gasteiger partial charge on any atom is -0.478 e. The molecule has 0 unspecified atom stereocenters. The van der Waals surface area contributed by atoms with Crippen molar-refractivity contribution in [3.05, 3.63) is 40.4 Å². The minimum atomic E-state index is -1.04. The van der Waals surface area contributed by atoms with E-state index in [1.165, 1.54) is 24.3 Å². The Morgan fingerprint density at radius 3 is 2.79 bits per heavy atom. The number of aromatic carboxylic acids is 1. The van der Waals surface area contributed by atoms with Gasteiger partial charge in [0.15, 0.2) is 0 Å². The molecule has 1 N–H and O–H groups in total. The van der Waals surface area contributed by atoms with Gasteiger partial charge in [-0.3, -0.25) is 0 Å². The summed E-state index contributed by atoms with van der Waals surface area (Å²) in [6.07, 6.45) is 2.76. The van der Waals surface area contributed by atoms with Gasteiger partial charge in [-0.1, -0.05) is 11.6 Å². The largest absolute Gasteiger partial charge is 0.478 e. The summed E-state index contributed by atoms with van der Waals surface area (Å²) in [5, 5.41) is 17.3. The zero-order chi connectivity index (χ0) is 10.6. The molecule has 0 aliphatic rings. The van der Waals surface area contributed by atoms with E-state index in [1.807, 2.05) is 6.07 Å². The van der Waals surface area contributed by atoms with E-state index in [0.29, 0.717) is 10.6 Å². The molecule has 0 spiro atoms. The number of hydrogen-bond acceptors (Lipinski definition) is 2. The molecule has 0 amide bonds. The zero-order valence-corrected chi connectivity index (χ0v) is 7.82. The van der Waals surface area contributed by atoms with Crippen LogP contribution < -0.4 is 0 Å². The van der Waals surface area contributed by atoms with Gasteiger partial charge >= 0.3 is 5.97 Å². The first-order valence-electron chi connectivity index (χ1n) is 3.73. The molecule has 0 fully saturated rings. The Hall–Kier alpha value is -1.79. The average molecular weight is 208 g/mol. The molecule has 0 saturated carbocycles. The minimum absolute atomic E-state index is 0.107. The number of hydrogen-bond donors (Lipinski definition) is 1. The van der Waals surface area contributed by atoms with E-state index in [-0.39, 0.29) is 5.56 Å². The molecule has 0 heterocycles. The summed E-state index contributed by atoms with van der Waals surface area (Å²) in [6.45, 7) is 0. The maximum atomic E-state index is 10.6. The second-order valence-electron chi connectivity index (χ2n) is 2.54.